The molecule has 31 heavy (non-hydrogen) atoms. The number of thioether (sulfide) groups is 1. The maximum Gasteiger partial charge on any atom is 0.416 e. The molecule has 2 aromatic carbocycles. The first-order valence-electron chi connectivity index (χ1n) is 9.75. The molecule has 3 rings (SSSR count). The van der Waals surface area contributed by atoms with Crippen molar-refractivity contribution in [1.29, 1.82) is 0 Å². The zero-order valence-corrected chi connectivity index (χ0v) is 18.4. The van der Waals surface area contributed by atoms with E-state index >= 15 is 0 Å². The van der Waals surface area contributed by atoms with Gasteiger partial charge in [-0.3, -0.25) is 4.57 Å². The molecule has 1 atom stereocenters. The number of allylic oxidation sites excluding steroid dienone is 1. The molecule has 0 bridgehead atoms. The lowest BCUT2D eigenvalue weighted by atomic mass is 10.1. The minimum absolute atomic E-state index is 0.339. The molecule has 0 aliphatic heterocycles. The molecule has 1 unspecified atom stereocenters. The van der Waals surface area contributed by atoms with Gasteiger partial charge in [-0.25, -0.2) is 0 Å². The highest BCUT2D eigenvalue weighted by Crippen LogP contribution is 2.32. The fourth-order valence-electron chi connectivity index (χ4n) is 3.25. The van der Waals surface area contributed by atoms with Crippen LogP contribution >= 0.6 is 11.8 Å². The van der Waals surface area contributed by atoms with E-state index in [4.69, 9.17) is 4.74 Å². The number of aryl methyl sites for hydroxylation is 2. The number of benzene rings is 2. The van der Waals surface area contributed by atoms with Crippen molar-refractivity contribution in [1.82, 2.24) is 14.8 Å². The van der Waals surface area contributed by atoms with Gasteiger partial charge in [-0.2, -0.15) is 13.2 Å². The molecule has 1 heterocycles. The first-order chi connectivity index (χ1) is 14.7. The van der Waals surface area contributed by atoms with Crippen LogP contribution in [-0.4, -0.2) is 14.8 Å². The van der Waals surface area contributed by atoms with E-state index < -0.39 is 11.7 Å². The van der Waals surface area contributed by atoms with Gasteiger partial charge in [-0.05, 0) is 55.7 Å². The van der Waals surface area contributed by atoms with Crippen molar-refractivity contribution in [3.63, 3.8) is 0 Å². The van der Waals surface area contributed by atoms with Crippen LogP contribution in [0.25, 0.3) is 0 Å². The van der Waals surface area contributed by atoms with Crippen molar-refractivity contribution in [3.05, 3.63) is 83.2 Å². The van der Waals surface area contributed by atoms with Gasteiger partial charge in [-0.15, -0.1) is 16.8 Å². The third kappa shape index (κ3) is 5.91. The summed E-state index contributed by atoms with van der Waals surface area (Å²) in [6.45, 7) is 10.2. The normalized spacial score (nSPS) is 12.6. The van der Waals surface area contributed by atoms with Gasteiger partial charge in [0, 0.05) is 12.3 Å². The van der Waals surface area contributed by atoms with Crippen molar-refractivity contribution in [3.8, 4) is 5.75 Å². The van der Waals surface area contributed by atoms with Crippen molar-refractivity contribution < 1.29 is 17.9 Å². The number of alkyl halides is 3. The summed E-state index contributed by atoms with van der Waals surface area (Å²) >= 11 is 1.33. The Morgan fingerprint density at radius 3 is 2.48 bits per heavy atom. The lowest BCUT2D eigenvalue weighted by Crippen LogP contribution is -2.12. The van der Waals surface area contributed by atoms with E-state index in [1.807, 2.05) is 37.5 Å². The van der Waals surface area contributed by atoms with E-state index in [-0.39, 0.29) is 6.10 Å². The van der Waals surface area contributed by atoms with E-state index in [0.29, 0.717) is 28.8 Å². The van der Waals surface area contributed by atoms with Crippen molar-refractivity contribution in [2.75, 3.05) is 0 Å². The molecule has 0 radical (unpaired) electrons. The Balaban J connectivity index is 1.78. The van der Waals surface area contributed by atoms with Crippen LogP contribution in [0.15, 0.2) is 60.3 Å². The average molecular weight is 448 g/mol. The van der Waals surface area contributed by atoms with Gasteiger partial charge in [-0.1, -0.05) is 42.1 Å². The second kappa shape index (κ2) is 9.60. The third-order valence-corrected chi connectivity index (χ3v) is 5.59. The molecule has 0 N–H and O–H groups in total. The number of rotatable bonds is 8. The molecule has 0 aliphatic carbocycles. The van der Waals surface area contributed by atoms with Crippen molar-refractivity contribution >= 4 is 11.8 Å². The molecule has 164 valence electrons. The monoisotopic (exact) mass is 447 g/mol. The lowest BCUT2D eigenvalue weighted by Gasteiger charge is -2.16. The first-order valence-corrected chi connectivity index (χ1v) is 10.7. The Labute approximate surface area is 184 Å². The van der Waals surface area contributed by atoms with E-state index in [2.05, 4.69) is 22.8 Å². The fraction of sp³-hybridized carbons (Fsp3) is 0.304. The highest BCUT2D eigenvalue weighted by atomic mass is 32.2. The molecule has 1 aromatic heterocycles. The molecule has 0 saturated heterocycles. The Bertz CT molecular complexity index is 1040. The summed E-state index contributed by atoms with van der Waals surface area (Å²) < 4.78 is 46.8. The number of hydrogen-bond acceptors (Lipinski definition) is 4. The van der Waals surface area contributed by atoms with Crippen LogP contribution in [0.1, 0.15) is 41.1 Å². The SMILES string of the molecule is C=CCn1c(SCc2cccc(C(F)(F)F)c2)nnc1C(C)Oc1cc(C)cc(C)c1. The molecular formula is C23H24F3N3OS. The molecule has 3 aromatic rings. The van der Waals surface area contributed by atoms with Crippen LogP contribution in [0.2, 0.25) is 0 Å². The van der Waals surface area contributed by atoms with Gasteiger partial charge in [0.05, 0.1) is 5.56 Å². The topological polar surface area (TPSA) is 39.9 Å². The van der Waals surface area contributed by atoms with Crippen molar-refractivity contribution in [2.24, 2.45) is 0 Å². The molecule has 0 fully saturated rings. The quantitative estimate of drug-likeness (QED) is 0.291. The maximum atomic E-state index is 13.0. The Kier molecular flexibility index (Phi) is 7.10. The second-order valence-corrected chi connectivity index (χ2v) is 8.25. The molecule has 0 aliphatic rings. The zero-order chi connectivity index (χ0) is 22.6. The third-order valence-electron chi connectivity index (χ3n) is 4.55. The van der Waals surface area contributed by atoms with Crippen LogP contribution in [-0.2, 0) is 18.5 Å². The summed E-state index contributed by atoms with van der Waals surface area (Å²) in [5.74, 6) is 1.72. The smallest absolute Gasteiger partial charge is 0.416 e. The Morgan fingerprint density at radius 2 is 1.84 bits per heavy atom. The largest absolute Gasteiger partial charge is 0.483 e. The predicted molar refractivity (Wildman–Crippen MR) is 116 cm³/mol. The van der Waals surface area contributed by atoms with Gasteiger partial charge in [0.1, 0.15) is 5.75 Å². The standard InChI is InChI=1S/C23H24F3N3OS/c1-5-9-29-21(17(4)30-20-11-15(2)10-16(3)12-20)27-28-22(29)31-14-18-7-6-8-19(13-18)23(24,25)26/h5-8,10-13,17H,1,9,14H2,2-4H3. The van der Waals surface area contributed by atoms with E-state index in [9.17, 15) is 13.2 Å². The van der Waals surface area contributed by atoms with Crippen LogP contribution in [0.4, 0.5) is 13.2 Å². The minimum atomic E-state index is -4.36. The number of aromatic nitrogens is 3. The molecule has 4 nitrogen and oxygen atoms in total. The minimum Gasteiger partial charge on any atom is -0.483 e. The highest BCUT2D eigenvalue weighted by Gasteiger charge is 2.30. The van der Waals surface area contributed by atoms with E-state index in [1.54, 1.807) is 12.1 Å². The average Bonchev–Trinajstić information content (AvgIpc) is 3.08. The summed E-state index contributed by atoms with van der Waals surface area (Å²) in [5, 5.41) is 9.13. The summed E-state index contributed by atoms with van der Waals surface area (Å²) in [5.41, 5.74) is 2.11. The maximum absolute atomic E-state index is 13.0. The second-order valence-electron chi connectivity index (χ2n) is 7.31. The Morgan fingerprint density at radius 1 is 1.13 bits per heavy atom. The number of halogens is 3. The van der Waals surface area contributed by atoms with Crippen LogP contribution in [0.3, 0.4) is 0 Å². The number of hydrogen-bond donors (Lipinski definition) is 0. The number of ether oxygens (including phenoxy) is 1. The van der Waals surface area contributed by atoms with E-state index in [1.165, 1.54) is 17.8 Å². The fourth-order valence-corrected chi connectivity index (χ4v) is 4.15. The molecule has 0 saturated carbocycles. The van der Waals surface area contributed by atoms with Crippen LogP contribution in [0.5, 0.6) is 5.75 Å². The van der Waals surface area contributed by atoms with Gasteiger partial charge in [0.25, 0.3) is 0 Å². The summed E-state index contributed by atoms with van der Waals surface area (Å²) in [7, 11) is 0. The first kappa shape index (κ1) is 22.9. The molecule has 8 heteroatoms. The molecule has 0 spiro atoms. The summed E-state index contributed by atoms with van der Waals surface area (Å²) in [4.78, 5) is 0. The van der Waals surface area contributed by atoms with Gasteiger partial charge in [0.15, 0.2) is 17.1 Å². The van der Waals surface area contributed by atoms with Crippen LogP contribution < -0.4 is 4.74 Å². The van der Waals surface area contributed by atoms with E-state index in [0.717, 1.165) is 29.0 Å². The molecular weight excluding hydrogens is 423 g/mol. The summed E-state index contributed by atoms with van der Waals surface area (Å²) in [6.07, 6.45) is -3.00. The van der Waals surface area contributed by atoms with Crippen LogP contribution in [0, 0.1) is 13.8 Å². The summed E-state index contributed by atoms with van der Waals surface area (Å²) in [6, 6.07) is 11.3. The van der Waals surface area contributed by atoms with Gasteiger partial charge in [0.2, 0.25) is 0 Å². The molecule has 0 amide bonds. The van der Waals surface area contributed by atoms with Gasteiger partial charge < -0.3 is 4.74 Å². The highest BCUT2D eigenvalue weighted by molar-refractivity contribution is 7.98. The van der Waals surface area contributed by atoms with Crippen molar-refractivity contribution in [2.45, 2.75) is 50.5 Å². The Hall–Kier alpha value is -2.74. The van der Waals surface area contributed by atoms with Gasteiger partial charge >= 0.3 is 6.18 Å². The zero-order valence-electron chi connectivity index (χ0n) is 17.6. The predicted octanol–water partition coefficient (Wildman–Crippen LogP) is 6.53. The number of nitrogens with zero attached hydrogens (tertiary/aromatic N) is 3. The lowest BCUT2D eigenvalue weighted by molar-refractivity contribution is -0.137.